The molecule has 33 heavy (non-hydrogen) atoms. The van der Waals surface area contributed by atoms with Crippen molar-refractivity contribution < 1.29 is 23.4 Å². The second-order valence-electron chi connectivity index (χ2n) is 9.01. The number of ether oxygens (including phenoxy) is 1. The van der Waals surface area contributed by atoms with Crippen LogP contribution in [-0.4, -0.2) is 73.5 Å². The Balaban J connectivity index is 3.99. The minimum Gasteiger partial charge on any atom is -0.464 e. The van der Waals surface area contributed by atoms with Gasteiger partial charge in [-0.15, -0.1) is 0 Å². The average molecular weight is 488 g/mol. The number of amides is 1. The van der Waals surface area contributed by atoms with Gasteiger partial charge in [-0.2, -0.15) is 0 Å². The van der Waals surface area contributed by atoms with E-state index in [1.54, 1.807) is 11.9 Å². The first-order chi connectivity index (χ1) is 15.6. The molecular formula is C24H46N3O5P. The number of unbranched alkanes of at least 4 members (excludes halogenated alkanes) is 4. The molecule has 0 spiro atoms. The molecule has 0 N–H and O–H groups in total. The molecule has 8 nitrogen and oxygen atoms in total. The third kappa shape index (κ3) is 15.3. The smallest absolute Gasteiger partial charge is 0.305 e. The van der Waals surface area contributed by atoms with Gasteiger partial charge in [0, 0.05) is 31.5 Å². The fourth-order valence-electron chi connectivity index (χ4n) is 3.27. The van der Waals surface area contributed by atoms with E-state index in [2.05, 4.69) is 37.2 Å². The van der Waals surface area contributed by atoms with Crippen LogP contribution in [0.5, 0.6) is 0 Å². The van der Waals surface area contributed by atoms with Crippen LogP contribution in [0.1, 0.15) is 80.1 Å². The highest BCUT2D eigenvalue weighted by atomic mass is 31.2. The minimum absolute atomic E-state index is 0.0513. The van der Waals surface area contributed by atoms with Crippen molar-refractivity contribution in [2.75, 3.05) is 40.0 Å². The summed E-state index contributed by atoms with van der Waals surface area (Å²) in [5.74, 6) is -0.198. The summed E-state index contributed by atoms with van der Waals surface area (Å²) in [5.41, 5.74) is 0. The van der Waals surface area contributed by atoms with Crippen LogP contribution < -0.4 is 0 Å². The third-order valence-electron chi connectivity index (χ3n) is 4.94. The number of nitrogens with zero attached hydrogens (tertiary/aromatic N) is 3. The van der Waals surface area contributed by atoms with E-state index in [1.807, 2.05) is 13.8 Å². The van der Waals surface area contributed by atoms with Crippen molar-refractivity contribution in [1.29, 1.82) is 0 Å². The fourth-order valence-corrected chi connectivity index (χ4v) is 4.89. The number of hydrogen-bond acceptors (Lipinski definition) is 6. The van der Waals surface area contributed by atoms with Crippen LogP contribution in [0.15, 0.2) is 0 Å². The molecule has 0 aliphatic heterocycles. The molecule has 0 saturated carbocycles. The zero-order valence-electron chi connectivity index (χ0n) is 21.8. The molecule has 0 aromatic rings. The number of likely N-dealkylation sites (N-methyl/N-ethyl adjacent to an activating group) is 1. The second kappa shape index (κ2) is 19.1. The van der Waals surface area contributed by atoms with Crippen LogP contribution in [0.4, 0.5) is 0 Å². The Labute approximate surface area is 203 Å². The Morgan fingerprint density at radius 1 is 0.879 bits per heavy atom. The van der Waals surface area contributed by atoms with Gasteiger partial charge in [-0.3, -0.25) is 9.59 Å². The van der Waals surface area contributed by atoms with Crippen LogP contribution >= 0.6 is 8.53 Å². The number of rotatable bonds is 19. The molecule has 1 atom stereocenters. The van der Waals surface area contributed by atoms with Crippen molar-refractivity contribution in [3.63, 3.8) is 0 Å². The molecule has 0 rings (SSSR count). The van der Waals surface area contributed by atoms with Gasteiger partial charge in [0.05, 0.1) is 13.2 Å². The number of carbonyl (C=O) groups excluding carboxylic acids is 2. The maximum Gasteiger partial charge on any atom is 0.305 e. The summed E-state index contributed by atoms with van der Waals surface area (Å²) >= 11 is 0. The minimum atomic E-state index is -1.17. The van der Waals surface area contributed by atoms with E-state index >= 15 is 0 Å². The second-order valence-corrected chi connectivity index (χ2v) is 10.5. The highest BCUT2D eigenvalue weighted by Crippen LogP contribution is 2.45. The summed E-state index contributed by atoms with van der Waals surface area (Å²) in [6.07, 6.45) is 5.21. The molecule has 0 aliphatic rings. The van der Waals surface area contributed by atoms with Gasteiger partial charge in [0.1, 0.15) is 13.2 Å². The molecule has 1 amide bonds. The van der Waals surface area contributed by atoms with Crippen molar-refractivity contribution >= 4 is 20.4 Å². The molecule has 9 heteroatoms. The van der Waals surface area contributed by atoms with Crippen LogP contribution in [0.3, 0.4) is 0 Å². The van der Waals surface area contributed by atoms with Crippen LogP contribution in [0.2, 0.25) is 0 Å². The summed E-state index contributed by atoms with van der Waals surface area (Å²) in [5, 5.41) is 0. The van der Waals surface area contributed by atoms with Crippen molar-refractivity contribution in [3.8, 4) is 0 Å². The number of esters is 1. The van der Waals surface area contributed by atoms with Gasteiger partial charge >= 0.3 is 5.97 Å². The number of hydrogen-bond donors (Lipinski definition) is 0. The molecule has 0 saturated heterocycles. The van der Waals surface area contributed by atoms with E-state index in [4.69, 9.17) is 20.4 Å². The summed E-state index contributed by atoms with van der Waals surface area (Å²) < 4.78 is 19.4. The maximum absolute atomic E-state index is 11.8. The number of carbonyl (C=O) groups is 2. The normalized spacial score (nSPS) is 12.4. The van der Waals surface area contributed by atoms with Gasteiger partial charge in [-0.1, -0.05) is 33.1 Å². The lowest BCUT2D eigenvalue weighted by molar-refractivity contribution is -0.146. The van der Waals surface area contributed by atoms with Gasteiger partial charge in [0.2, 0.25) is 12.5 Å². The van der Waals surface area contributed by atoms with Gasteiger partial charge in [0.15, 0.2) is 0 Å². The molecule has 0 radical (unpaired) electrons. The SMILES string of the molecule is [C-]#[N+]CCOP(OCCCCCCCC(=O)OCCN(C)C(=O)C(C)C)N(C(C)C)C(C)C. The molecule has 0 bridgehead atoms. The first-order valence-corrected chi connectivity index (χ1v) is 13.3. The molecule has 0 heterocycles. The molecule has 0 aromatic carbocycles. The highest BCUT2D eigenvalue weighted by Gasteiger charge is 2.27. The van der Waals surface area contributed by atoms with Gasteiger partial charge in [0.25, 0.3) is 8.53 Å². The lowest BCUT2D eigenvalue weighted by Gasteiger charge is -2.35. The standard InChI is InChI=1S/C24H46N3O5P/c1-20(2)24(29)26(8)16-19-30-23(28)14-12-10-9-11-13-17-31-33(32-18-15-25-7)27(21(3)4)22(5)6/h20-22H,9-19H2,1-6,8H3. The average Bonchev–Trinajstić information content (AvgIpc) is 2.74. The molecule has 0 aromatic heterocycles. The Hall–Kier alpha value is -1.26. The topological polar surface area (TPSA) is 72.7 Å². The molecule has 1 unspecified atom stereocenters. The Morgan fingerprint density at radius 3 is 2.03 bits per heavy atom. The van der Waals surface area contributed by atoms with Crippen molar-refractivity contribution in [3.05, 3.63) is 11.4 Å². The lowest BCUT2D eigenvalue weighted by atomic mass is 10.1. The first kappa shape index (κ1) is 31.7. The zero-order valence-corrected chi connectivity index (χ0v) is 22.7. The lowest BCUT2D eigenvalue weighted by Crippen LogP contribution is -2.33. The zero-order chi connectivity index (χ0) is 25.2. The van der Waals surface area contributed by atoms with Crippen LogP contribution in [-0.2, 0) is 23.4 Å². The Kier molecular flexibility index (Phi) is 18.4. The quantitative estimate of drug-likeness (QED) is 0.107. The van der Waals surface area contributed by atoms with E-state index in [-0.39, 0.29) is 24.4 Å². The predicted octanol–water partition coefficient (Wildman–Crippen LogP) is 5.28. The van der Waals surface area contributed by atoms with Gasteiger partial charge in [-0.05, 0) is 40.5 Å². The fraction of sp³-hybridized carbons (Fsp3) is 0.875. The van der Waals surface area contributed by atoms with Gasteiger partial charge < -0.3 is 23.5 Å². The molecular weight excluding hydrogens is 441 g/mol. The maximum atomic E-state index is 11.8. The van der Waals surface area contributed by atoms with E-state index in [0.717, 1.165) is 32.1 Å². The molecule has 0 fully saturated rings. The monoisotopic (exact) mass is 487 g/mol. The molecule has 192 valence electrons. The summed E-state index contributed by atoms with van der Waals surface area (Å²) in [7, 11) is 0.563. The van der Waals surface area contributed by atoms with Crippen molar-refractivity contribution in [2.24, 2.45) is 5.92 Å². The predicted molar refractivity (Wildman–Crippen MR) is 134 cm³/mol. The van der Waals surface area contributed by atoms with Crippen molar-refractivity contribution in [2.45, 2.75) is 92.2 Å². The van der Waals surface area contributed by atoms with E-state index in [0.29, 0.717) is 44.8 Å². The Morgan fingerprint density at radius 2 is 1.45 bits per heavy atom. The largest absolute Gasteiger partial charge is 0.464 e. The van der Waals surface area contributed by atoms with Crippen LogP contribution in [0, 0.1) is 12.5 Å². The van der Waals surface area contributed by atoms with Gasteiger partial charge in [-0.25, -0.2) is 11.2 Å². The third-order valence-corrected chi connectivity index (χ3v) is 7.05. The summed E-state index contributed by atoms with van der Waals surface area (Å²) in [6, 6.07) is 0.611. The Bertz CT molecular complexity index is 573. The van der Waals surface area contributed by atoms with E-state index in [9.17, 15) is 9.59 Å². The van der Waals surface area contributed by atoms with Crippen LogP contribution in [0.25, 0.3) is 4.85 Å². The summed E-state index contributed by atoms with van der Waals surface area (Å²) in [6.45, 7) is 21.2. The first-order valence-electron chi connectivity index (χ1n) is 12.2. The summed E-state index contributed by atoms with van der Waals surface area (Å²) in [4.78, 5) is 28.6. The van der Waals surface area contributed by atoms with Crippen molar-refractivity contribution in [1.82, 2.24) is 9.57 Å². The van der Waals surface area contributed by atoms with E-state index in [1.165, 1.54) is 0 Å². The van der Waals surface area contributed by atoms with E-state index < -0.39 is 8.53 Å². The molecule has 0 aliphatic carbocycles. The highest BCUT2D eigenvalue weighted by molar-refractivity contribution is 7.44.